The van der Waals surface area contributed by atoms with E-state index >= 15 is 0 Å². The lowest BCUT2D eigenvalue weighted by atomic mass is 10.0. The molecule has 380 valence electrons. The number of rotatable bonds is 30. The van der Waals surface area contributed by atoms with Crippen LogP contribution in [0.25, 0.3) is 0 Å². The number of hydrogen-bond donors (Lipinski definition) is 5. The molecule has 4 fully saturated rings. The first-order chi connectivity index (χ1) is 30.5. The van der Waals surface area contributed by atoms with Crippen LogP contribution in [-0.4, -0.2) is 139 Å². The molecule has 0 aromatic carbocycles. The molecular weight excluding hydrogens is 934 g/mol. The van der Waals surface area contributed by atoms with Crippen molar-refractivity contribution in [2.75, 3.05) is 80.6 Å². The number of hydrogen-bond acceptors (Lipinski definition) is 14. The molecule has 1 aliphatic heterocycles. The molecule has 65 heavy (non-hydrogen) atoms. The number of ether oxygens (including phenoxy) is 2. The smallest absolute Gasteiger partial charge is 0.481 e. The molecule has 3 saturated carbocycles. The van der Waals surface area contributed by atoms with Gasteiger partial charge in [0.1, 0.15) is 11.5 Å². The molecule has 0 spiro atoms. The lowest BCUT2D eigenvalue weighted by molar-refractivity contribution is -0.255. The number of carboxylic acids is 1. The number of nitrogens with two attached hydrogens (primary N) is 1. The molecule has 1 amide bonds. The number of halogens is 2. The highest BCUT2D eigenvalue weighted by Gasteiger charge is 2.60. The van der Waals surface area contributed by atoms with Crippen LogP contribution in [0.3, 0.4) is 0 Å². The maximum absolute atomic E-state index is 12.7. The van der Waals surface area contributed by atoms with Crippen molar-refractivity contribution in [2.45, 2.75) is 109 Å². The Morgan fingerprint density at radius 1 is 0.800 bits per heavy atom. The van der Waals surface area contributed by atoms with Gasteiger partial charge in [-0.05, 0) is 81.3 Å². The highest BCUT2D eigenvalue weighted by atomic mass is 35.5. The SMILES string of the molecule is C=CC1CC1(COCl)C(=O)Cl.C=CC1CC1(CONCCC[Si](C)(C)C)C(=O)NCCC[Si](OC)(OC)OC.C=CC1CC1(COO)C(=O)O.CCOCC1CO1.C[Si](C)(C)CCCN. The van der Waals surface area contributed by atoms with Gasteiger partial charge in [0, 0.05) is 63.2 Å². The number of hydroxylamine groups is 1. The number of carbonyl (C=O) groups is 3. The molecule has 0 aromatic rings. The molecule has 16 nitrogen and oxygen atoms in total. The van der Waals surface area contributed by atoms with E-state index in [9.17, 15) is 14.4 Å². The lowest BCUT2D eigenvalue weighted by Gasteiger charge is -2.24. The van der Waals surface area contributed by atoms with E-state index in [0.29, 0.717) is 38.1 Å². The monoisotopic (exact) mass is 1020 g/mol. The van der Waals surface area contributed by atoms with Gasteiger partial charge in [-0.3, -0.25) is 23.9 Å². The number of allylic oxidation sites excluding steroid dienone is 3. The van der Waals surface area contributed by atoms with Crippen molar-refractivity contribution >= 4 is 65.5 Å². The molecule has 6 N–H and O–H groups in total. The number of carbonyl (C=O) groups excluding carboxylic acids is 2. The third-order valence-electron chi connectivity index (χ3n) is 11.7. The van der Waals surface area contributed by atoms with Gasteiger partial charge in [0.2, 0.25) is 11.1 Å². The summed E-state index contributed by atoms with van der Waals surface area (Å²) in [6.07, 6.45) is 10.6. The van der Waals surface area contributed by atoms with Crippen LogP contribution in [0.2, 0.25) is 57.4 Å². The zero-order valence-corrected chi connectivity index (χ0v) is 45.6. The fourth-order valence-electron chi connectivity index (χ4n) is 6.78. The zero-order valence-electron chi connectivity index (χ0n) is 41.1. The Balaban J connectivity index is 0.000000901. The Labute approximate surface area is 403 Å². The largest absolute Gasteiger partial charge is 0.500 e. The maximum Gasteiger partial charge on any atom is 0.500 e. The van der Waals surface area contributed by atoms with Gasteiger partial charge in [0.15, 0.2) is 0 Å². The van der Waals surface area contributed by atoms with Crippen LogP contribution >= 0.6 is 23.5 Å². The summed E-state index contributed by atoms with van der Waals surface area (Å²) in [6.45, 7) is 32.2. The summed E-state index contributed by atoms with van der Waals surface area (Å²) >= 11 is 10.4. The summed E-state index contributed by atoms with van der Waals surface area (Å²) in [7, 11) is 0.432. The van der Waals surface area contributed by atoms with Crippen LogP contribution in [-0.2, 0) is 51.1 Å². The quantitative estimate of drug-likeness (QED) is 0.00883. The Morgan fingerprint density at radius 2 is 1.29 bits per heavy atom. The molecule has 0 bridgehead atoms. The van der Waals surface area contributed by atoms with Gasteiger partial charge >= 0.3 is 14.8 Å². The second-order valence-electron chi connectivity index (χ2n) is 19.3. The van der Waals surface area contributed by atoms with Crippen molar-refractivity contribution in [3.8, 4) is 0 Å². The number of epoxide rings is 1. The van der Waals surface area contributed by atoms with Crippen molar-refractivity contribution in [1.82, 2.24) is 10.8 Å². The van der Waals surface area contributed by atoms with Gasteiger partial charge in [-0.15, -0.1) is 19.7 Å². The molecule has 21 heteroatoms. The lowest BCUT2D eigenvalue weighted by Crippen LogP contribution is -2.44. The minimum atomic E-state index is -2.59. The predicted molar refractivity (Wildman–Crippen MR) is 265 cm³/mol. The molecule has 3 aliphatic carbocycles. The van der Waals surface area contributed by atoms with Crippen LogP contribution < -0.4 is 16.5 Å². The molecule has 4 rings (SSSR count). The maximum atomic E-state index is 12.7. The molecule has 4 aliphatic rings. The third kappa shape index (κ3) is 24.1. The molecule has 7 atom stereocenters. The van der Waals surface area contributed by atoms with Gasteiger partial charge in [0.25, 0.3) is 0 Å². The molecule has 0 radical (unpaired) electrons. The Hall–Kier alpha value is -1.38. The standard InChI is InChI=1S/C19H40N2O5Si2.C7H8Cl2O2.C7H10O4.C6H17NSi.C5H10O2/c1-8-17-15-19(17,16-26-21-12-10-13-27(5,6)7)18(22)20-11-9-14-28(23-2,24-3)25-4;1-2-5-3-7(5,4-11-9)6(8)10;1-2-5-3-7(5,4-11-10)6(8)9;1-8(2,3)6-4-5-7;1-2-6-3-5-4-7-5/h8,17,21H,1,9-16H2,2-7H3,(H,20,22);2,5H,1,3-4H2;2,5,10H,1,3-4H2,(H,8,9);4-7H2,1-3H3;5H,2-4H2,1H3. The molecule has 7 unspecified atom stereocenters. The first-order valence-corrected chi connectivity index (χ1v) is 32.5. The van der Waals surface area contributed by atoms with Crippen molar-refractivity contribution in [1.29, 1.82) is 0 Å². The first-order valence-electron chi connectivity index (χ1n) is 22.5. The van der Waals surface area contributed by atoms with Gasteiger partial charge in [-0.1, -0.05) is 69.6 Å². The zero-order chi connectivity index (χ0) is 50.0. The highest BCUT2D eigenvalue weighted by Crippen LogP contribution is 2.55. The average molecular weight is 1020 g/mol. The van der Waals surface area contributed by atoms with Crippen LogP contribution in [0.4, 0.5) is 0 Å². The van der Waals surface area contributed by atoms with E-state index in [1.807, 2.05) is 13.0 Å². The summed E-state index contributed by atoms with van der Waals surface area (Å²) in [5.41, 5.74) is 6.41. The van der Waals surface area contributed by atoms with E-state index < -0.39 is 47.2 Å². The Bertz CT molecular complexity index is 1370. The fraction of sp³-hybridized carbons (Fsp3) is 0.795. The summed E-state index contributed by atoms with van der Waals surface area (Å²) in [5.74, 6) is -0.669. The number of aliphatic carboxylic acids is 1. The van der Waals surface area contributed by atoms with E-state index in [4.69, 9.17) is 67.2 Å². The molecule has 1 heterocycles. The Kier molecular flexibility index (Phi) is 31.0. The van der Waals surface area contributed by atoms with E-state index in [0.717, 1.165) is 52.2 Å². The minimum Gasteiger partial charge on any atom is -0.481 e. The third-order valence-corrected chi connectivity index (χ3v) is 18.7. The number of carboxylic acid groups (broad SMARTS) is 1. The number of nitrogens with one attached hydrogen (secondary N) is 2. The van der Waals surface area contributed by atoms with Crippen LogP contribution in [0.15, 0.2) is 38.0 Å². The summed E-state index contributed by atoms with van der Waals surface area (Å²) < 4.78 is 30.5. The summed E-state index contributed by atoms with van der Waals surface area (Å²) in [5, 5.41) is 19.5. The van der Waals surface area contributed by atoms with Crippen molar-refractivity contribution in [3.05, 3.63) is 38.0 Å². The van der Waals surface area contributed by atoms with E-state index in [-0.39, 0.29) is 42.1 Å². The topological polar surface area (TPSA) is 219 Å². The van der Waals surface area contributed by atoms with Crippen LogP contribution in [0.1, 0.15) is 45.4 Å². The second-order valence-corrected chi connectivity index (χ2v) is 34.2. The summed E-state index contributed by atoms with van der Waals surface area (Å²) in [6, 6.07) is 3.30. The number of amides is 1. The van der Waals surface area contributed by atoms with Crippen molar-refractivity contribution < 1.29 is 61.5 Å². The Morgan fingerprint density at radius 3 is 1.66 bits per heavy atom. The first kappa shape index (κ1) is 63.6. The van der Waals surface area contributed by atoms with Gasteiger partial charge in [-0.2, -0.15) is 0 Å². The minimum absolute atomic E-state index is 0.0285. The van der Waals surface area contributed by atoms with E-state index in [1.54, 1.807) is 33.5 Å². The van der Waals surface area contributed by atoms with E-state index in [2.05, 4.69) is 79.0 Å². The van der Waals surface area contributed by atoms with Crippen LogP contribution in [0.5, 0.6) is 0 Å². The van der Waals surface area contributed by atoms with Gasteiger partial charge < -0.3 is 43.7 Å². The predicted octanol–water partition coefficient (Wildman–Crippen LogP) is 7.78. The highest BCUT2D eigenvalue weighted by molar-refractivity contribution is 6.76. The van der Waals surface area contributed by atoms with E-state index in [1.165, 1.54) is 18.5 Å². The molecule has 0 aromatic heterocycles. The second kappa shape index (κ2) is 31.7. The fourth-order valence-corrected chi connectivity index (χ4v) is 11.5. The van der Waals surface area contributed by atoms with Crippen molar-refractivity contribution in [2.24, 2.45) is 39.7 Å². The van der Waals surface area contributed by atoms with Gasteiger partial charge in [-0.25, -0.2) is 10.4 Å². The normalized spacial score (nSPS) is 25.8. The van der Waals surface area contributed by atoms with Gasteiger partial charge in [0.05, 0.1) is 55.7 Å². The van der Waals surface area contributed by atoms with Crippen LogP contribution in [0, 0.1) is 34.0 Å². The summed E-state index contributed by atoms with van der Waals surface area (Å²) in [4.78, 5) is 43.7. The molecular formula is C44H85Cl2N3O13Si3. The van der Waals surface area contributed by atoms with Crippen molar-refractivity contribution in [3.63, 3.8) is 0 Å². The average Bonchev–Trinajstić information content (AvgIpc) is 4.09. The molecule has 1 saturated heterocycles.